The number of nitrogens with one attached hydrogen (secondary N) is 2. The van der Waals surface area contributed by atoms with E-state index in [9.17, 15) is 9.59 Å². The molecule has 0 radical (unpaired) electrons. The first kappa shape index (κ1) is 20.3. The third-order valence-corrected chi connectivity index (χ3v) is 3.90. The second kappa shape index (κ2) is 10.9. The van der Waals surface area contributed by atoms with E-state index in [0.717, 1.165) is 11.1 Å². The van der Waals surface area contributed by atoms with Gasteiger partial charge in [0.25, 0.3) is 11.8 Å². The Morgan fingerprint density at radius 1 is 0.741 bits per heavy atom. The van der Waals surface area contributed by atoms with E-state index in [0.29, 0.717) is 31.0 Å². The van der Waals surface area contributed by atoms with Crippen LogP contribution in [0.3, 0.4) is 0 Å². The highest BCUT2D eigenvalue weighted by Crippen LogP contribution is 2.16. The lowest BCUT2D eigenvalue weighted by molar-refractivity contribution is -0.123. The van der Waals surface area contributed by atoms with Crippen molar-refractivity contribution in [2.24, 2.45) is 0 Å². The highest BCUT2D eigenvalue weighted by molar-refractivity contribution is 5.78. The molecule has 2 rings (SSSR count). The van der Waals surface area contributed by atoms with Crippen molar-refractivity contribution in [3.63, 3.8) is 0 Å². The van der Waals surface area contributed by atoms with Crippen molar-refractivity contribution >= 4 is 11.8 Å². The first-order valence-electron chi connectivity index (χ1n) is 8.96. The molecule has 0 aliphatic heterocycles. The molecule has 0 saturated carbocycles. The van der Waals surface area contributed by atoms with Crippen molar-refractivity contribution in [1.29, 1.82) is 0 Å². The molecule has 2 N–H and O–H groups in total. The number of rotatable bonds is 10. The minimum absolute atomic E-state index is 0.0263. The highest BCUT2D eigenvalue weighted by atomic mass is 16.5. The number of ether oxygens (including phenoxy) is 2. The zero-order valence-corrected chi connectivity index (χ0v) is 15.8. The molecule has 0 heterocycles. The lowest BCUT2D eigenvalue weighted by Crippen LogP contribution is -2.34. The second-order valence-corrected chi connectivity index (χ2v) is 6.16. The zero-order valence-electron chi connectivity index (χ0n) is 15.8. The molecule has 0 atom stereocenters. The summed E-state index contributed by atoms with van der Waals surface area (Å²) < 4.78 is 11.0. The third-order valence-electron chi connectivity index (χ3n) is 3.90. The Bertz CT molecular complexity index is 698. The molecule has 6 nitrogen and oxygen atoms in total. The molecule has 0 bridgehead atoms. The second-order valence-electron chi connectivity index (χ2n) is 6.16. The van der Waals surface area contributed by atoms with Gasteiger partial charge in [0.05, 0.1) is 0 Å². The fourth-order valence-electron chi connectivity index (χ4n) is 2.37. The molecular weight excluding hydrogens is 344 g/mol. The number of carbonyl (C=O) groups excluding carboxylic acids is 2. The fourth-order valence-corrected chi connectivity index (χ4v) is 2.37. The number of hydrogen-bond acceptors (Lipinski definition) is 4. The van der Waals surface area contributed by atoms with E-state index in [1.807, 2.05) is 62.4 Å². The van der Waals surface area contributed by atoms with Crippen molar-refractivity contribution < 1.29 is 19.1 Å². The summed E-state index contributed by atoms with van der Waals surface area (Å²) in [6, 6.07) is 15.1. The van der Waals surface area contributed by atoms with E-state index in [4.69, 9.17) is 9.47 Å². The molecule has 0 unspecified atom stereocenters. The van der Waals surface area contributed by atoms with Crippen molar-refractivity contribution in [3.8, 4) is 11.5 Å². The van der Waals surface area contributed by atoms with E-state index in [1.165, 1.54) is 0 Å². The Morgan fingerprint density at radius 2 is 1.15 bits per heavy atom. The first-order chi connectivity index (χ1) is 13.1. The molecule has 0 aromatic heterocycles. The molecule has 6 heteroatoms. The average Bonchev–Trinajstić information content (AvgIpc) is 2.66. The molecule has 144 valence electrons. The van der Waals surface area contributed by atoms with Crippen LogP contribution >= 0.6 is 0 Å². The van der Waals surface area contributed by atoms with E-state index in [2.05, 4.69) is 10.6 Å². The molecule has 0 spiro atoms. The SMILES string of the molecule is Cc1ccccc1OCC(=O)NCCCNC(=O)COc1ccccc1C. The van der Waals surface area contributed by atoms with Crippen LogP contribution in [0, 0.1) is 13.8 Å². The number of benzene rings is 2. The summed E-state index contributed by atoms with van der Waals surface area (Å²) in [5, 5.41) is 5.53. The monoisotopic (exact) mass is 370 g/mol. The Kier molecular flexibility index (Phi) is 8.16. The van der Waals surface area contributed by atoms with Gasteiger partial charge in [0.1, 0.15) is 11.5 Å². The predicted octanol–water partition coefficient (Wildman–Crippen LogP) is 2.38. The van der Waals surface area contributed by atoms with Crippen molar-refractivity contribution in [2.75, 3.05) is 26.3 Å². The van der Waals surface area contributed by atoms with Gasteiger partial charge in [-0.2, -0.15) is 0 Å². The molecule has 27 heavy (non-hydrogen) atoms. The van der Waals surface area contributed by atoms with Crippen LogP contribution in [0.15, 0.2) is 48.5 Å². The molecule has 0 aliphatic carbocycles. The van der Waals surface area contributed by atoms with Crippen LogP contribution in [0.2, 0.25) is 0 Å². The van der Waals surface area contributed by atoms with Gasteiger partial charge in [-0.15, -0.1) is 0 Å². The molecule has 0 saturated heterocycles. The molecule has 2 aromatic rings. The largest absolute Gasteiger partial charge is 0.484 e. The van der Waals surface area contributed by atoms with Crippen LogP contribution in [-0.2, 0) is 9.59 Å². The molecule has 0 fully saturated rings. The van der Waals surface area contributed by atoms with Crippen LogP contribution in [0.25, 0.3) is 0 Å². The van der Waals surface area contributed by atoms with Gasteiger partial charge in [-0.05, 0) is 43.5 Å². The summed E-state index contributed by atoms with van der Waals surface area (Å²) in [7, 11) is 0. The maximum absolute atomic E-state index is 11.8. The summed E-state index contributed by atoms with van der Waals surface area (Å²) in [5.74, 6) is 1.03. The zero-order chi connectivity index (χ0) is 19.5. The van der Waals surface area contributed by atoms with Gasteiger partial charge >= 0.3 is 0 Å². The van der Waals surface area contributed by atoms with Gasteiger partial charge < -0.3 is 20.1 Å². The number of hydrogen-bond donors (Lipinski definition) is 2. The van der Waals surface area contributed by atoms with E-state index >= 15 is 0 Å². The van der Waals surface area contributed by atoms with E-state index < -0.39 is 0 Å². The Balaban J connectivity index is 1.53. The van der Waals surface area contributed by atoms with Crippen LogP contribution < -0.4 is 20.1 Å². The summed E-state index contributed by atoms with van der Waals surface area (Å²) in [5.41, 5.74) is 1.97. The van der Waals surface area contributed by atoms with Gasteiger partial charge in [0.15, 0.2) is 13.2 Å². The van der Waals surface area contributed by atoms with Crippen LogP contribution in [-0.4, -0.2) is 38.1 Å². The standard InChI is InChI=1S/C21H26N2O4/c1-16-8-3-5-10-18(16)26-14-20(24)22-12-7-13-23-21(25)15-27-19-11-6-4-9-17(19)2/h3-6,8-11H,7,12-15H2,1-2H3,(H,22,24)(H,23,25). The Labute approximate surface area is 159 Å². The number of aryl methyl sites for hydroxylation is 2. The van der Waals surface area contributed by atoms with E-state index in [1.54, 1.807) is 0 Å². The van der Waals surface area contributed by atoms with E-state index in [-0.39, 0.29) is 25.0 Å². The third kappa shape index (κ3) is 7.40. The quantitative estimate of drug-likeness (QED) is 0.630. The van der Waals surface area contributed by atoms with Gasteiger partial charge in [-0.3, -0.25) is 9.59 Å². The smallest absolute Gasteiger partial charge is 0.257 e. The van der Waals surface area contributed by atoms with Crippen molar-refractivity contribution in [2.45, 2.75) is 20.3 Å². The number of carbonyl (C=O) groups is 2. The maximum Gasteiger partial charge on any atom is 0.257 e. The Morgan fingerprint density at radius 3 is 1.56 bits per heavy atom. The van der Waals surface area contributed by atoms with Gasteiger partial charge in [0.2, 0.25) is 0 Å². The fraction of sp³-hybridized carbons (Fsp3) is 0.333. The van der Waals surface area contributed by atoms with Crippen LogP contribution in [0.5, 0.6) is 11.5 Å². The first-order valence-corrected chi connectivity index (χ1v) is 8.96. The lowest BCUT2D eigenvalue weighted by atomic mass is 10.2. The molecule has 0 aliphatic rings. The molecule has 2 amide bonds. The van der Waals surface area contributed by atoms with Crippen molar-refractivity contribution in [1.82, 2.24) is 10.6 Å². The summed E-state index contributed by atoms with van der Waals surface area (Å²) in [6.45, 7) is 4.74. The summed E-state index contributed by atoms with van der Waals surface area (Å²) in [4.78, 5) is 23.5. The van der Waals surface area contributed by atoms with Crippen LogP contribution in [0.4, 0.5) is 0 Å². The highest BCUT2D eigenvalue weighted by Gasteiger charge is 2.06. The van der Waals surface area contributed by atoms with Crippen molar-refractivity contribution in [3.05, 3.63) is 59.7 Å². The van der Waals surface area contributed by atoms with Gasteiger partial charge in [-0.25, -0.2) is 0 Å². The topological polar surface area (TPSA) is 76.7 Å². The predicted molar refractivity (Wildman–Crippen MR) is 104 cm³/mol. The normalized spacial score (nSPS) is 10.1. The maximum atomic E-state index is 11.8. The average molecular weight is 370 g/mol. The minimum atomic E-state index is -0.188. The number of para-hydroxylation sites is 2. The molecule has 2 aromatic carbocycles. The van der Waals surface area contributed by atoms with Gasteiger partial charge in [0, 0.05) is 13.1 Å². The summed E-state index contributed by atoms with van der Waals surface area (Å²) in [6.07, 6.45) is 0.631. The van der Waals surface area contributed by atoms with Gasteiger partial charge in [-0.1, -0.05) is 36.4 Å². The van der Waals surface area contributed by atoms with Crippen LogP contribution in [0.1, 0.15) is 17.5 Å². The number of amides is 2. The Hall–Kier alpha value is -3.02. The lowest BCUT2D eigenvalue weighted by Gasteiger charge is -2.10. The molecular formula is C21H26N2O4. The minimum Gasteiger partial charge on any atom is -0.484 e. The summed E-state index contributed by atoms with van der Waals surface area (Å²) >= 11 is 0.